The smallest absolute Gasteiger partial charge is 0.251 e. The fourth-order valence-electron chi connectivity index (χ4n) is 1.15. The van der Waals surface area contributed by atoms with Crippen molar-refractivity contribution in [3.8, 4) is 5.75 Å². The van der Waals surface area contributed by atoms with E-state index in [9.17, 15) is 13.6 Å². The molecule has 18 heavy (non-hydrogen) atoms. The average molecular weight is 257 g/mol. The number of rotatable bonds is 5. The van der Waals surface area contributed by atoms with E-state index in [1.807, 2.05) is 0 Å². The third-order valence-electron chi connectivity index (χ3n) is 1.98. The SMILES string of the molecule is CCOC=CC(=O)Nc1cc(OC)cc(F)c1F. The van der Waals surface area contributed by atoms with E-state index in [1.165, 1.54) is 19.4 Å². The molecular weight excluding hydrogens is 244 g/mol. The molecule has 0 radical (unpaired) electrons. The monoisotopic (exact) mass is 257 g/mol. The minimum Gasteiger partial charge on any atom is -0.501 e. The molecule has 0 aliphatic carbocycles. The lowest BCUT2D eigenvalue weighted by Crippen LogP contribution is -2.10. The molecule has 0 saturated carbocycles. The molecule has 6 heteroatoms. The minimum absolute atomic E-state index is 0.109. The number of hydrogen-bond acceptors (Lipinski definition) is 3. The largest absolute Gasteiger partial charge is 0.501 e. The van der Waals surface area contributed by atoms with Crippen molar-refractivity contribution >= 4 is 11.6 Å². The lowest BCUT2D eigenvalue weighted by molar-refractivity contribution is -0.112. The molecule has 4 nitrogen and oxygen atoms in total. The average Bonchev–Trinajstić information content (AvgIpc) is 2.35. The van der Waals surface area contributed by atoms with Gasteiger partial charge in [0.05, 0.1) is 25.7 Å². The van der Waals surface area contributed by atoms with Gasteiger partial charge in [-0.3, -0.25) is 4.79 Å². The van der Waals surface area contributed by atoms with E-state index in [0.717, 1.165) is 12.1 Å². The molecule has 0 saturated heterocycles. The highest BCUT2D eigenvalue weighted by molar-refractivity contribution is 5.99. The number of carbonyl (C=O) groups is 1. The number of nitrogens with one attached hydrogen (secondary N) is 1. The van der Waals surface area contributed by atoms with Gasteiger partial charge >= 0.3 is 0 Å². The van der Waals surface area contributed by atoms with E-state index in [-0.39, 0.29) is 11.4 Å². The Labute approximate surface area is 103 Å². The molecule has 0 atom stereocenters. The molecule has 1 N–H and O–H groups in total. The normalized spacial score (nSPS) is 10.4. The maximum atomic E-state index is 13.4. The third-order valence-corrected chi connectivity index (χ3v) is 1.98. The molecular formula is C12H13F2NO3. The van der Waals surface area contributed by atoms with Crippen molar-refractivity contribution in [1.29, 1.82) is 0 Å². The first-order valence-electron chi connectivity index (χ1n) is 5.20. The Balaban J connectivity index is 2.83. The zero-order valence-electron chi connectivity index (χ0n) is 10.00. The molecule has 0 spiro atoms. The van der Waals surface area contributed by atoms with Crippen LogP contribution >= 0.6 is 0 Å². The van der Waals surface area contributed by atoms with Crippen LogP contribution in [0.2, 0.25) is 0 Å². The van der Waals surface area contributed by atoms with E-state index in [1.54, 1.807) is 6.92 Å². The molecule has 0 bridgehead atoms. The van der Waals surface area contributed by atoms with Crippen molar-refractivity contribution in [2.45, 2.75) is 6.92 Å². The van der Waals surface area contributed by atoms with E-state index in [0.29, 0.717) is 6.61 Å². The Morgan fingerprint density at radius 3 is 2.78 bits per heavy atom. The van der Waals surface area contributed by atoms with Crippen LogP contribution in [-0.4, -0.2) is 19.6 Å². The Bertz CT molecular complexity index is 461. The van der Waals surface area contributed by atoms with Crippen molar-refractivity contribution in [1.82, 2.24) is 0 Å². The minimum atomic E-state index is -1.14. The van der Waals surface area contributed by atoms with E-state index >= 15 is 0 Å². The highest BCUT2D eigenvalue weighted by Gasteiger charge is 2.12. The van der Waals surface area contributed by atoms with Gasteiger partial charge in [0, 0.05) is 18.2 Å². The number of amides is 1. The second-order valence-electron chi connectivity index (χ2n) is 3.22. The molecule has 0 fully saturated rings. The summed E-state index contributed by atoms with van der Waals surface area (Å²) in [6, 6.07) is 2.08. The van der Waals surface area contributed by atoms with Crippen molar-refractivity contribution in [2.24, 2.45) is 0 Å². The van der Waals surface area contributed by atoms with Crippen LogP contribution in [0.15, 0.2) is 24.5 Å². The van der Waals surface area contributed by atoms with Gasteiger partial charge in [-0.15, -0.1) is 0 Å². The van der Waals surface area contributed by atoms with Gasteiger partial charge in [-0.25, -0.2) is 8.78 Å². The number of ether oxygens (including phenoxy) is 2. The van der Waals surface area contributed by atoms with Crippen LogP contribution in [0.5, 0.6) is 5.75 Å². The summed E-state index contributed by atoms with van der Waals surface area (Å²) >= 11 is 0. The van der Waals surface area contributed by atoms with Crippen LogP contribution in [0.4, 0.5) is 14.5 Å². The molecule has 1 aromatic carbocycles. The number of halogens is 2. The molecule has 1 aromatic rings. The predicted molar refractivity (Wildman–Crippen MR) is 62.3 cm³/mol. The molecule has 0 aromatic heterocycles. The summed E-state index contributed by atoms with van der Waals surface area (Å²) in [4.78, 5) is 11.3. The van der Waals surface area contributed by atoms with Crippen molar-refractivity contribution in [3.63, 3.8) is 0 Å². The van der Waals surface area contributed by atoms with Gasteiger partial charge in [0.25, 0.3) is 5.91 Å². The highest BCUT2D eigenvalue weighted by atomic mass is 19.2. The van der Waals surface area contributed by atoms with E-state index in [4.69, 9.17) is 9.47 Å². The number of anilines is 1. The number of hydrogen-bond donors (Lipinski definition) is 1. The van der Waals surface area contributed by atoms with Crippen LogP contribution in [0.25, 0.3) is 0 Å². The van der Waals surface area contributed by atoms with Crippen LogP contribution in [0, 0.1) is 11.6 Å². The van der Waals surface area contributed by atoms with E-state index < -0.39 is 17.5 Å². The first-order valence-corrected chi connectivity index (χ1v) is 5.20. The summed E-state index contributed by atoms with van der Waals surface area (Å²) in [6.45, 7) is 2.16. The van der Waals surface area contributed by atoms with Gasteiger partial charge in [-0.1, -0.05) is 0 Å². The van der Waals surface area contributed by atoms with Crippen LogP contribution < -0.4 is 10.1 Å². The van der Waals surface area contributed by atoms with Gasteiger partial charge in [0.2, 0.25) is 0 Å². The second-order valence-corrected chi connectivity index (χ2v) is 3.22. The Hall–Kier alpha value is -2.11. The lowest BCUT2D eigenvalue weighted by Gasteiger charge is -2.07. The lowest BCUT2D eigenvalue weighted by atomic mass is 10.2. The zero-order valence-corrected chi connectivity index (χ0v) is 10.00. The number of carbonyl (C=O) groups excluding carboxylic acids is 1. The predicted octanol–water partition coefficient (Wildman–Crippen LogP) is 2.46. The molecule has 0 unspecified atom stereocenters. The molecule has 0 heterocycles. The number of benzene rings is 1. The second kappa shape index (κ2) is 6.58. The topological polar surface area (TPSA) is 47.6 Å². The summed E-state index contributed by atoms with van der Waals surface area (Å²) in [6.07, 6.45) is 2.24. The Morgan fingerprint density at radius 2 is 2.17 bits per heavy atom. The summed E-state index contributed by atoms with van der Waals surface area (Å²) in [7, 11) is 1.31. The van der Waals surface area contributed by atoms with Crippen LogP contribution in [0.3, 0.4) is 0 Å². The number of methoxy groups -OCH3 is 1. The highest BCUT2D eigenvalue weighted by Crippen LogP contribution is 2.24. The van der Waals surface area contributed by atoms with Gasteiger partial charge < -0.3 is 14.8 Å². The first kappa shape index (κ1) is 14.0. The molecule has 1 amide bonds. The molecule has 98 valence electrons. The molecule has 0 aliphatic rings. The Kier molecular flexibility index (Phi) is 5.10. The van der Waals surface area contributed by atoms with Crippen molar-refractivity contribution in [2.75, 3.05) is 19.0 Å². The van der Waals surface area contributed by atoms with Gasteiger partial charge in [-0.2, -0.15) is 0 Å². The van der Waals surface area contributed by atoms with Gasteiger partial charge in [0.15, 0.2) is 11.6 Å². The maximum Gasteiger partial charge on any atom is 0.251 e. The Morgan fingerprint density at radius 1 is 1.44 bits per heavy atom. The summed E-state index contributed by atoms with van der Waals surface area (Å²) < 4.78 is 36.1. The summed E-state index contributed by atoms with van der Waals surface area (Å²) in [5, 5.41) is 2.18. The summed E-state index contributed by atoms with van der Waals surface area (Å²) in [5.41, 5.74) is -0.294. The van der Waals surface area contributed by atoms with Crippen LogP contribution in [0.1, 0.15) is 6.92 Å². The molecule has 1 rings (SSSR count). The summed E-state index contributed by atoms with van der Waals surface area (Å²) in [5.74, 6) is -2.76. The van der Waals surface area contributed by atoms with Crippen molar-refractivity contribution < 1.29 is 23.0 Å². The zero-order chi connectivity index (χ0) is 13.5. The standard InChI is InChI=1S/C12H13F2NO3/c1-3-18-5-4-11(16)15-10-7-8(17-2)6-9(13)12(10)14/h4-7H,3H2,1-2H3,(H,15,16). The fourth-order valence-corrected chi connectivity index (χ4v) is 1.15. The van der Waals surface area contributed by atoms with Crippen molar-refractivity contribution in [3.05, 3.63) is 36.1 Å². The van der Waals surface area contributed by atoms with Crippen LogP contribution in [-0.2, 0) is 9.53 Å². The molecule has 0 aliphatic heterocycles. The third kappa shape index (κ3) is 3.73. The quantitative estimate of drug-likeness (QED) is 0.651. The van der Waals surface area contributed by atoms with Gasteiger partial charge in [-0.05, 0) is 6.92 Å². The van der Waals surface area contributed by atoms with Gasteiger partial charge in [0.1, 0.15) is 5.75 Å². The van der Waals surface area contributed by atoms with E-state index in [2.05, 4.69) is 5.32 Å². The maximum absolute atomic E-state index is 13.4. The fraction of sp³-hybridized carbons (Fsp3) is 0.250. The first-order chi connectivity index (χ1) is 8.58.